The minimum absolute atomic E-state index is 0.00598. The molecule has 0 saturated carbocycles. The Kier molecular flexibility index (Phi) is 7.84. The monoisotopic (exact) mass is 654 g/mol. The maximum atomic E-state index is 13.4. The molecule has 4 aliphatic rings. The zero-order valence-corrected chi connectivity index (χ0v) is 27.5. The molecule has 1 fully saturated rings. The van der Waals surface area contributed by atoms with Gasteiger partial charge < -0.3 is 34.5 Å². The third-order valence-electron chi connectivity index (χ3n) is 10.3. The van der Waals surface area contributed by atoms with Gasteiger partial charge in [-0.25, -0.2) is 0 Å². The number of aryl methyl sites for hydroxylation is 1. The number of hydrogen-bond acceptors (Lipinski definition) is 11. The number of amides is 1. The zero-order valence-electron chi connectivity index (χ0n) is 27.5. The summed E-state index contributed by atoms with van der Waals surface area (Å²) >= 11 is 0. The number of likely N-dealkylation sites (N-methyl/N-ethyl adjacent to an activating group) is 1. The number of nitrogens with zero attached hydrogens (tertiary/aromatic N) is 3. The number of carbonyl (C=O) groups is 2. The van der Waals surface area contributed by atoms with Gasteiger partial charge in [0, 0.05) is 47.8 Å². The molecule has 4 heterocycles. The summed E-state index contributed by atoms with van der Waals surface area (Å²) in [5.74, 6) is 1.29. The van der Waals surface area contributed by atoms with Crippen molar-refractivity contribution in [2.45, 2.75) is 70.2 Å². The topological polar surface area (TPSA) is 154 Å². The second kappa shape index (κ2) is 11.9. The van der Waals surface area contributed by atoms with E-state index in [4.69, 9.17) is 18.9 Å². The number of ether oxygens (including phenoxy) is 4. The zero-order chi connectivity index (χ0) is 34.0. The van der Waals surface area contributed by atoms with Crippen molar-refractivity contribution < 1.29 is 38.7 Å². The van der Waals surface area contributed by atoms with E-state index in [2.05, 4.69) is 21.2 Å². The number of phenolic OH excluding ortho intramolecular Hbond substituents is 2. The van der Waals surface area contributed by atoms with Crippen LogP contribution in [0.2, 0.25) is 0 Å². The number of methoxy groups -OCH3 is 1. The Morgan fingerprint density at radius 2 is 1.79 bits per heavy atom. The molecule has 0 spiro atoms. The maximum absolute atomic E-state index is 13.4. The molecule has 1 amide bonds. The van der Waals surface area contributed by atoms with E-state index in [9.17, 15) is 25.1 Å². The van der Waals surface area contributed by atoms with E-state index in [1.165, 1.54) is 14.0 Å². The van der Waals surface area contributed by atoms with Crippen molar-refractivity contribution in [2.75, 3.05) is 27.5 Å². The van der Waals surface area contributed by atoms with E-state index in [1.54, 1.807) is 31.2 Å². The van der Waals surface area contributed by atoms with Gasteiger partial charge in [0.2, 0.25) is 12.7 Å². The molecule has 3 N–H and O–H groups in total. The second-order valence-electron chi connectivity index (χ2n) is 13.0. The first-order chi connectivity index (χ1) is 23.0. The fourth-order valence-corrected chi connectivity index (χ4v) is 8.34. The molecular formula is C36H38N4O8. The number of carbonyl (C=O) groups excluding carboxylic acids is 2. The quantitative estimate of drug-likeness (QED) is 0.264. The van der Waals surface area contributed by atoms with Gasteiger partial charge in [0.25, 0.3) is 0 Å². The molecule has 0 aliphatic carbocycles. The van der Waals surface area contributed by atoms with Gasteiger partial charge in [-0.05, 0) is 62.6 Å². The Bertz CT molecular complexity index is 1870. The lowest BCUT2D eigenvalue weighted by Crippen LogP contribution is -2.68. The molecule has 2 bridgehead atoms. The molecule has 48 heavy (non-hydrogen) atoms. The Balaban J connectivity index is 1.30. The Morgan fingerprint density at radius 3 is 2.48 bits per heavy atom. The summed E-state index contributed by atoms with van der Waals surface area (Å²) in [6.07, 6.45) is 0.983. The van der Waals surface area contributed by atoms with Crippen molar-refractivity contribution in [3.05, 3.63) is 69.3 Å². The average Bonchev–Trinajstić information content (AvgIpc) is 3.54. The van der Waals surface area contributed by atoms with Crippen molar-refractivity contribution in [3.63, 3.8) is 0 Å². The van der Waals surface area contributed by atoms with E-state index >= 15 is 0 Å². The molecule has 4 aliphatic heterocycles. The van der Waals surface area contributed by atoms with Crippen LogP contribution in [-0.4, -0.2) is 77.5 Å². The van der Waals surface area contributed by atoms with Gasteiger partial charge in [-0.1, -0.05) is 18.2 Å². The smallest absolute Gasteiger partial charge is 0.308 e. The molecule has 1 saturated heterocycles. The van der Waals surface area contributed by atoms with E-state index in [0.717, 1.165) is 22.3 Å². The Labute approximate surface area is 278 Å². The van der Waals surface area contributed by atoms with Crippen LogP contribution in [-0.2, 0) is 28.9 Å². The lowest BCUT2D eigenvalue weighted by Gasteiger charge is -2.60. The third-order valence-corrected chi connectivity index (χ3v) is 10.3. The minimum atomic E-state index is -0.584. The largest absolute Gasteiger partial charge is 0.507 e. The number of esters is 1. The summed E-state index contributed by atoms with van der Waals surface area (Å²) in [6, 6.07) is 9.31. The van der Waals surface area contributed by atoms with Crippen molar-refractivity contribution in [1.29, 1.82) is 5.26 Å². The highest BCUT2D eigenvalue weighted by atomic mass is 16.7. The molecule has 7 rings (SSSR count). The second-order valence-corrected chi connectivity index (χ2v) is 13.0. The number of hydrogen-bond donors (Lipinski definition) is 3. The highest BCUT2D eigenvalue weighted by Crippen LogP contribution is 2.58. The summed E-state index contributed by atoms with van der Waals surface area (Å²) in [4.78, 5) is 29.0. The lowest BCUT2D eigenvalue weighted by atomic mass is 9.71. The van der Waals surface area contributed by atoms with Crippen LogP contribution in [0, 0.1) is 25.2 Å². The Hall–Kier alpha value is -4.99. The number of piperazine rings is 1. The number of benzene rings is 3. The van der Waals surface area contributed by atoms with Gasteiger partial charge >= 0.3 is 5.97 Å². The summed E-state index contributed by atoms with van der Waals surface area (Å²) < 4.78 is 22.6. The number of aromatic hydroxyl groups is 2. The van der Waals surface area contributed by atoms with Crippen LogP contribution < -0.4 is 24.3 Å². The molecule has 250 valence electrons. The summed E-state index contributed by atoms with van der Waals surface area (Å²) in [5, 5.41) is 37.1. The SMILES string of the molecule is COc1c(C)cc2c(c1O)C1[C@@H]3Cc4c(O)c(C)c5c(c4[C@H](CNC(=O)Cc4ccc(OC(C)=O)cc4)N3[C@@H](C#N)C(C2)N1C)OCO5. The van der Waals surface area contributed by atoms with Crippen LogP contribution in [0.25, 0.3) is 0 Å². The van der Waals surface area contributed by atoms with Gasteiger partial charge in [-0.15, -0.1) is 0 Å². The normalized spacial score (nSPS) is 23.7. The van der Waals surface area contributed by atoms with Crippen LogP contribution in [0.15, 0.2) is 30.3 Å². The van der Waals surface area contributed by atoms with E-state index in [1.807, 2.05) is 20.0 Å². The molecule has 0 aromatic heterocycles. The van der Waals surface area contributed by atoms with Gasteiger partial charge in [-0.2, -0.15) is 5.26 Å². The number of fused-ring (bicyclic) bond motifs is 9. The number of nitriles is 1. The predicted molar refractivity (Wildman–Crippen MR) is 172 cm³/mol. The minimum Gasteiger partial charge on any atom is -0.507 e. The highest BCUT2D eigenvalue weighted by Gasteiger charge is 2.56. The van der Waals surface area contributed by atoms with Crippen molar-refractivity contribution >= 4 is 11.9 Å². The van der Waals surface area contributed by atoms with Crippen LogP contribution in [0.3, 0.4) is 0 Å². The van der Waals surface area contributed by atoms with Crippen LogP contribution in [0.1, 0.15) is 58.0 Å². The fourth-order valence-electron chi connectivity index (χ4n) is 8.34. The average molecular weight is 655 g/mol. The first-order valence-corrected chi connectivity index (χ1v) is 16.0. The van der Waals surface area contributed by atoms with Gasteiger partial charge in [-0.3, -0.25) is 19.4 Å². The first-order valence-electron chi connectivity index (χ1n) is 16.0. The predicted octanol–water partition coefficient (Wildman–Crippen LogP) is 3.51. The summed E-state index contributed by atoms with van der Waals surface area (Å²) in [7, 11) is 3.52. The third kappa shape index (κ3) is 4.88. The van der Waals surface area contributed by atoms with Crippen LogP contribution >= 0.6 is 0 Å². The summed E-state index contributed by atoms with van der Waals surface area (Å²) in [5.41, 5.74) is 5.21. The lowest BCUT2D eigenvalue weighted by molar-refractivity contribution is -0.132. The molecule has 0 radical (unpaired) electrons. The molecule has 12 heteroatoms. The number of rotatable bonds is 6. The van der Waals surface area contributed by atoms with Crippen molar-refractivity contribution in [1.82, 2.24) is 15.1 Å². The highest BCUT2D eigenvalue weighted by molar-refractivity contribution is 5.79. The molecule has 3 aromatic rings. The molecular weight excluding hydrogens is 616 g/mol. The fraction of sp³-hybridized carbons (Fsp3) is 0.417. The molecule has 12 nitrogen and oxygen atoms in total. The van der Waals surface area contributed by atoms with E-state index in [0.29, 0.717) is 52.5 Å². The van der Waals surface area contributed by atoms with Crippen LogP contribution in [0.5, 0.6) is 34.5 Å². The van der Waals surface area contributed by atoms with Gasteiger partial charge in [0.1, 0.15) is 17.5 Å². The van der Waals surface area contributed by atoms with Crippen molar-refractivity contribution in [3.8, 4) is 40.6 Å². The maximum Gasteiger partial charge on any atom is 0.308 e. The van der Waals surface area contributed by atoms with E-state index < -0.39 is 18.1 Å². The van der Waals surface area contributed by atoms with Gasteiger partial charge in [0.05, 0.1) is 31.7 Å². The molecule has 5 atom stereocenters. The number of phenols is 2. The first kappa shape index (κ1) is 31.6. The Morgan fingerprint density at radius 1 is 1.06 bits per heavy atom. The van der Waals surface area contributed by atoms with E-state index in [-0.39, 0.29) is 55.3 Å². The number of nitrogens with one attached hydrogen (secondary N) is 1. The van der Waals surface area contributed by atoms with Crippen LogP contribution in [0.4, 0.5) is 0 Å². The summed E-state index contributed by atoms with van der Waals surface area (Å²) in [6.45, 7) is 5.13. The van der Waals surface area contributed by atoms with Crippen molar-refractivity contribution in [2.24, 2.45) is 0 Å². The standard InChI is InChI=1S/C36H38N4O8/c1-17-10-21-12-24-26(14-37)40-25(31(39(24)4)29(21)33(44)34(17)45-5)13-23-30(36-35(46-16-47-36)18(2)32(23)43)27(40)15-38-28(42)11-20-6-8-22(9-7-20)48-19(3)41/h6-10,24-27,31,43-44H,11-13,15-16H2,1-5H3,(H,38,42)/t24?,25-,26-,27-,31?/m0/s1. The molecule has 3 aromatic carbocycles. The van der Waals surface area contributed by atoms with Gasteiger partial charge in [0.15, 0.2) is 23.0 Å². The molecule has 2 unspecified atom stereocenters.